The summed E-state index contributed by atoms with van der Waals surface area (Å²) < 4.78 is 5.48. The fourth-order valence-corrected chi connectivity index (χ4v) is 3.66. The first-order valence-corrected chi connectivity index (χ1v) is 11.3. The molecule has 10 nitrogen and oxygen atoms in total. The van der Waals surface area contributed by atoms with Gasteiger partial charge in [0.1, 0.15) is 29.3 Å². The molecular weight excluding hydrogens is 444 g/mol. The fraction of sp³-hybridized carbons (Fsp3) is 0.240. The van der Waals surface area contributed by atoms with E-state index in [1.165, 1.54) is 6.20 Å². The molecule has 10 heteroatoms. The topological polar surface area (TPSA) is 128 Å². The van der Waals surface area contributed by atoms with Gasteiger partial charge in [0.25, 0.3) is 0 Å². The molecule has 0 radical (unpaired) electrons. The van der Waals surface area contributed by atoms with Crippen LogP contribution in [0.1, 0.15) is 34.0 Å². The van der Waals surface area contributed by atoms with Crippen molar-refractivity contribution in [2.24, 2.45) is 0 Å². The van der Waals surface area contributed by atoms with Gasteiger partial charge in [-0.05, 0) is 56.3 Å². The van der Waals surface area contributed by atoms with E-state index in [-0.39, 0.29) is 12.1 Å². The zero-order valence-electron chi connectivity index (χ0n) is 19.2. The Labute approximate surface area is 202 Å². The molecule has 0 unspecified atom stereocenters. The van der Waals surface area contributed by atoms with Crippen LogP contribution in [0.3, 0.4) is 0 Å². The number of aromatic nitrogens is 6. The number of anilines is 2. The number of carbonyl (C=O) groups excluding carboxylic acids is 1. The first kappa shape index (κ1) is 22.5. The van der Waals surface area contributed by atoms with E-state index in [4.69, 9.17) is 4.74 Å². The first-order valence-electron chi connectivity index (χ1n) is 11.3. The van der Waals surface area contributed by atoms with Gasteiger partial charge in [-0.15, -0.1) is 0 Å². The molecule has 5 rings (SSSR count). The zero-order valence-corrected chi connectivity index (χ0v) is 19.2. The van der Waals surface area contributed by atoms with Crippen LogP contribution in [0, 0.1) is 6.92 Å². The zero-order chi connectivity index (χ0) is 24.0. The number of pyridine rings is 2. The van der Waals surface area contributed by atoms with Crippen molar-refractivity contribution < 1.29 is 9.53 Å². The summed E-state index contributed by atoms with van der Waals surface area (Å²) in [5.74, 6) is 1.96. The van der Waals surface area contributed by atoms with Gasteiger partial charge in [0.05, 0.1) is 12.0 Å². The molecule has 35 heavy (non-hydrogen) atoms. The number of hydrogen-bond acceptors (Lipinski definition) is 10. The van der Waals surface area contributed by atoms with Crippen LogP contribution in [-0.2, 0) is 11.2 Å². The van der Waals surface area contributed by atoms with E-state index in [9.17, 15) is 4.79 Å². The molecule has 1 saturated heterocycles. The third kappa shape index (κ3) is 5.79. The Bertz CT molecular complexity index is 1320. The second-order valence-electron chi connectivity index (χ2n) is 8.15. The normalized spacial score (nSPS) is 15.1. The second-order valence-corrected chi connectivity index (χ2v) is 8.15. The third-order valence-corrected chi connectivity index (χ3v) is 5.42. The lowest BCUT2D eigenvalue weighted by molar-refractivity contribution is 0.0344. The lowest BCUT2D eigenvalue weighted by Crippen LogP contribution is -2.21. The molecular formula is C25H24N8O2. The number of esters is 1. The molecule has 0 spiro atoms. The van der Waals surface area contributed by atoms with Gasteiger partial charge in [-0.1, -0.05) is 6.07 Å². The number of rotatable bonds is 7. The average Bonchev–Trinajstić information content (AvgIpc) is 3.38. The number of nitrogens with one attached hydrogen (secondary N) is 2. The second kappa shape index (κ2) is 10.3. The van der Waals surface area contributed by atoms with Gasteiger partial charge >= 0.3 is 5.97 Å². The van der Waals surface area contributed by atoms with Crippen molar-refractivity contribution in [3.63, 3.8) is 0 Å². The maximum atomic E-state index is 12.3. The lowest BCUT2D eigenvalue weighted by atomic mass is 10.2. The molecule has 1 atom stereocenters. The first-order chi connectivity index (χ1) is 17.1. The van der Waals surface area contributed by atoms with Gasteiger partial charge in [-0.3, -0.25) is 4.98 Å². The maximum Gasteiger partial charge on any atom is 0.340 e. The number of carbonyl (C=O) groups is 1. The Morgan fingerprint density at radius 2 is 1.89 bits per heavy atom. The van der Waals surface area contributed by atoms with Gasteiger partial charge in [0.2, 0.25) is 0 Å². The summed E-state index contributed by atoms with van der Waals surface area (Å²) in [6.07, 6.45) is 6.05. The van der Waals surface area contributed by atoms with E-state index in [1.54, 1.807) is 36.7 Å². The van der Waals surface area contributed by atoms with E-state index < -0.39 is 0 Å². The Balaban J connectivity index is 1.24. The Hall–Kier alpha value is -4.31. The standard InChI is InChI=1S/C25H24N8O2/c1-16-3-2-4-20(30-16)24-28-12-9-22(33-24)31-21-8-11-27-23(32-21)13-18-6-5-17(14-29-18)25(34)35-19-7-10-26-15-19/h2-6,8-9,11-12,14,19,26H,7,10,13,15H2,1H3,(H,27,28,31,32,33)/t19-/m0/s1. The Morgan fingerprint density at radius 1 is 1.03 bits per heavy atom. The third-order valence-electron chi connectivity index (χ3n) is 5.42. The van der Waals surface area contributed by atoms with Gasteiger partial charge in [0, 0.05) is 36.5 Å². The minimum absolute atomic E-state index is 0.0788. The number of aryl methyl sites for hydroxylation is 1. The van der Waals surface area contributed by atoms with Gasteiger partial charge in [-0.25, -0.2) is 29.7 Å². The monoisotopic (exact) mass is 468 g/mol. The fourth-order valence-electron chi connectivity index (χ4n) is 3.66. The highest BCUT2D eigenvalue weighted by molar-refractivity contribution is 5.89. The molecule has 0 aromatic carbocycles. The molecule has 0 amide bonds. The summed E-state index contributed by atoms with van der Waals surface area (Å²) in [6.45, 7) is 3.49. The van der Waals surface area contributed by atoms with Crippen molar-refractivity contribution in [1.29, 1.82) is 0 Å². The van der Waals surface area contributed by atoms with Crippen LogP contribution in [-0.4, -0.2) is 55.1 Å². The molecule has 5 heterocycles. The number of ether oxygens (including phenoxy) is 1. The molecule has 0 aliphatic carbocycles. The summed E-state index contributed by atoms with van der Waals surface area (Å²) in [4.78, 5) is 38.9. The molecule has 1 aliphatic rings. The Morgan fingerprint density at radius 3 is 2.66 bits per heavy atom. The van der Waals surface area contributed by atoms with E-state index in [0.717, 1.165) is 24.4 Å². The van der Waals surface area contributed by atoms with Crippen LogP contribution in [0.15, 0.2) is 61.1 Å². The maximum absolute atomic E-state index is 12.3. The summed E-state index contributed by atoms with van der Waals surface area (Å²) in [6, 6.07) is 12.8. The molecule has 4 aromatic heterocycles. The van der Waals surface area contributed by atoms with E-state index in [2.05, 4.69) is 40.5 Å². The van der Waals surface area contributed by atoms with Gasteiger partial charge in [0.15, 0.2) is 5.82 Å². The average molecular weight is 469 g/mol. The number of hydrogen-bond donors (Lipinski definition) is 2. The van der Waals surface area contributed by atoms with Crippen molar-refractivity contribution >= 4 is 17.6 Å². The SMILES string of the molecule is Cc1cccc(-c2nccc(Nc3ccnc(Cc4ccc(C(=O)O[C@H]5CCNC5)cn4)n3)n2)n1. The van der Waals surface area contributed by atoms with Crippen LogP contribution < -0.4 is 10.6 Å². The molecule has 176 valence electrons. The predicted octanol–water partition coefficient (Wildman–Crippen LogP) is 2.89. The van der Waals surface area contributed by atoms with E-state index >= 15 is 0 Å². The smallest absolute Gasteiger partial charge is 0.340 e. The molecule has 1 fully saturated rings. The Kier molecular flexibility index (Phi) is 6.62. The van der Waals surface area contributed by atoms with Gasteiger partial charge < -0.3 is 15.4 Å². The quantitative estimate of drug-likeness (QED) is 0.391. The molecule has 1 aliphatic heterocycles. The minimum atomic E-state index is -0.356. The van der Waals surface area contributed by atoms with E-state index in [0.29, 0.717) is 47.5 Å². The van der Waals surface area contributed by atoms with Crippen LogP contribution in [0.5, 0.6) is 0 Å². The highest BCUT2D eigenvalue weighted by Crippen LogP contribution is 2.17. The van der Waals surface area contributed by atoms with Crippen molar-refractivity contribution in [1.82, 2.24) is 35.2 Å². The lowest BCUT2D eigenvalue weighted by Gasteiger charge is -2.10. The summed E-state index contributed by atoms with van der Waals surface area (Å²) in [5.41, 5.74) is 2.78. The van der Waals surface area contributed by atoms with Crippen LogP contribution in [0.4, 0.5) is 11.6 Å². The van der Waals surface area contributed by atoms with Crippen LogP contribution in [0.2, 0.25) is 0 Å². The van der Waals surface area contributed by atoms with Crippen LogP contribution >= 0.6 is 0 Å². The molecule has 2 N–H and O–H groups in total. The number of nitrogens with zero attached hydrogens (tertiary/aromatic N) is 6. The van der Waals surface area contributed by atoms with E-state index in [1.807, 2.05) is 25.1 Å². The predicted molar refractivity (Wildman–Crippen MR) is 129 cm³/mol. The van der Waals surface area contributed by atoms with Crippen molar-refractivity contribution in [3.8, 4) is 11.5 Å². The molecule has 4 aromatic rings. The summed E-state index contributed by atoms with van der Waals surface area (Å²) >= 11 is 0. The van der Waals surface area contributed by atoms with Crippen molar-refractivity contribution in [2.75, 3.05) is 18.4 Å². The van der Waals surface area contributed by atoms with Crippen molar-refractivity contribution in [2.45, 2.75) is 25.9 Å². The summed E-state index contributed by atoms with van der Waals surface area (Å²) in [7, 11) is 0. The van der Waals surface area contributed by atoms with Crippen molar-refractivity contribution in [3.05, 3.63) is 83.8 Å². The highest BCUT2D eigenvalue weighted by Gasteiger charge is 2.20. The van der Waals surface area contributed by atoms with Crippen LogP contribution in [0.25, 0.3) is 11.5 Å². The molecule has 0 saturated carbocycles. The van der Waals surface area contributed by atoms with Gasteiger partial charge in [-0.2, -0.15) is 0 Å². The largest absolute Gasteiger partial charge is 0.457 e. The minimum Gasteiger partial charge on any atom is -0.457 e. The molecule has 0 bridgehead atoms. The highest BCUT2D eigenvalue weighted by atomic mass is 16.5. The summed E-state index contributed by atoms with van der Waals surface area (Å²) in [5, 5.41) is 6.37.